The first kappa shape index (κ1) is 15.6. The number of hydrogen-bond donors (Lipinski definition) is 2. The Kier molecular flexibility index (Phi) is 4.84. The van der Waals surface area contributed by atoms with Crippen molar-refractivity contribution in [1.29, 1.82) is 0 Å². The van der Waals surface area contributed by atoms with Gasteiger partial charge in [0.25, 0.3) is 0 Å². The maximum absolute atomic E-state index is 10.2. The summed E-state index contributed by atoms with van der Waals surface area (Å²) in [5, 5.41) is 0. The number of benzene rings is 2. The maximum atomic E-state index is 10.2. The van der Waals surface area contributed by atoms with Crippen LogP contribution in [0.3, 0.4) is 0 Å². The molecule has 0 bridgehead atoms. The van der Waals surface area contributed by atoms with Crippen molar-refractivity contribution in [2.75, 3.05) is 12.3 Å². The van der Waals surface area contributed by atoms with Gasteiger partial charge in [0.1, 0.15) is 0 Å². The van der Waals surface area contributed by atoms with Gasteiger partial charge in [0, 0.05) is 13.1 Å². The Balaban J connectivity index is 1.71. The van der Waals surface area contributed by atoms with E-state index in [1.807, 2.05) is 34.6 Å². The second-order valence-corrected chi connectivity index (χ2v) is 8.01. The molecule has 1 radical (unpaired) electrons. The van der Waals surface area contributed by atoms with E-state index in [-0.39, 0.29) is 0 Å². The summed E-state index contributed by atoms with van der Waals surface area (Å²) in [7, 11) is -2.57. The third kappa shape index (κ3) is 3.90. The van der Waals surface area contributed by atoms with E-state index in [0.29, 0.717) is 12.3 Å². The summed E-state index contributed by atoms with van der Waals surface area (Å²) in [5.74, 6) is 0.500. The van der Waals surface area contributed by atoms with E-state index < -0.39 is 10.8 Å². The Morgan fingerprint density at radius 3 is 2.55 bits per heavy atom. The predicted molar refractivity (Wildman–Crippen MR) is 91.9 cm³/mol. The molecule has 1 saturated heterocycles. The summed E-state index contributed by atoms with van der Waals surface area (Å²) in [4.78, 5) is 0. The zero-order chi connectivity index (χ0) is 15.4. The molecule has 0 amide bonds. The lowest BCUT2D eigenvalue weighted by Gasteiger charge is -2.46. The predicted octanol–water partition coefficient (Wildman–Crippen LogP) is 4.34. The van der Waals surface area contributed by atoms with Crippen LogP contribution < -0.4 is 0 Å². The van der Waals surface area contributed by atoms with E-state index in [9.17, 15) is 9.11 Å². The van der Waals surface area contributed by atoms with Crippen molar-refractivity contribution in [2.45, 2.75) is 25.8 Å². The molecule has 1 aliphatic heterocycles. The maximum Gasteiger partial charge on any atom is 0.0531 e. The van der Waals surface area contributed by atoms with Gasteiger partial charge >= 0.3 is 0 Å². The first-order chi connectivity index (χ1) is 10.6. The van der Waals surface area contributed by atoms with E-state index in [1.54, 1.807) is 0 Å². The summed E-state index contributed by atoms with van der Waals surface area (Å²) in [6, 6.07) is 19.6. The molecule has 0 saturated carbocycles. The average Bonchev–Trinajstić information content (AvgIpc) is 2.51. The SMILES string of the molecule is OS1(O)CCCCN1Cc1c[c]cc(Cc2ccccc2)c1. The lowest BCUT2D eigenvalue weighted by atomic mass is 10.0. The van der Waals surface area contributed by atoms with Gasteiger partial charge in [0.2, 0.25) is 0 Å². The van der Waals surface area contributed by atoms with Crippen molar-refractivity contribution in [3.63, 3.8) is 0 Å². The van der Waals surface area contributed by atoms with Gasteiger partial charge in [-0.3, -0.25) is 9.11 Å². The van der Waals surface area contributed by atoms with E-state index in [1.165, 1.54) is 11.1 Å². The van der Waals surface area contributed by atoms with E-state index in [2.05, 4.69) is 24.3 Å². The lowest BCUT2D eigenvalue weighted by Crippen LogP contribution is -2.33. The van der Waals surface area contributed by atoms with Gasteiger partial charge in [-0.25, -0.2) is 4.31 Å². The van der Waals surface area contributed by atoms with Gasteiger partial charge in [-0.2, -0.15) is 0 Å². The average molecular weight is 316 g/mol. The van der Waals surface area contributed by atoms with Crippen molar-refractivity contribution in [1.82, 2.24) is 4.31 Å². The molecule has 2 aromatic rings. The van der Waals surface area contributed by atoms with Crippen LogP contribution in [-0.2, 0) is 13.0 Å². The highest BCUT2D eigenvalue weighted by Crippen LogP contribution is 2.47. The van der Waals surface area contributed by atoms with Crippen LogP contribution >= 0.6 is 10.8 Å². The van der Waals surface area contributed by atoms with Crippen molar-refractivity contribution in [3.8, 4) is 0 Å². The first-order valence-electron chi connectivity index (χ1n) is 7.67. The Morgan fingerprint density at radius 1 is 1.00 bits per heavy atom. The molecule has 2 N–H and O–H groups in total. The number of rotatable bonds is 4. The molecule has 1 aliphatic rings. The van der Waals surface area contributed by atoms with Gasteiger partial charge in [0.05, 0.1) is 5.75 Å². The Hall–Kier alpha value is -1.33. The number of nitrogens with zero attached hydrogens (tertiary/aromatic N) is 1. The Morgan fingerprint density at radius 2 is 1.77 bits per heavy atom. The molecule has 117 valence electrons. The molecule has 0 aromatic heterocycles. The summed E-state index contributed by atoms with van der Waals surface area (Å²) >= 11 is 0. The van der Waals surface area contributed by atoms with Crippen molar-refractivity contribution in [3.05, 3.63) is 71.3 Å². The molecule has 0 atom stereocenters. The summed E-state index contributed by atoms with van der Waals surface area (Å²) < 4.78 is 22.1. The summed E-state index contributed by atoms with van der Waals surface area (Å²) in [5.41, 5.74) is 3.57. The quantitative estimate of drug-likeness (QED) is 0.882. The lowest BCUT2D eigenvalue weighted by molar-refractivity contribution is 0.318. The van der Waals surface area contributed by atoms with Gasteiger partial charge in [-0.15, -0.1) is 10.8 Å². The van der Waals surface area contributed by atoms with E-state index in [0.717, 1.165) is 31.4 Å². The first-order valence-corrected chi connectivity index (χ1v) is 9.35. The van der Waals surface area contributed by atoms with Crippen LogP contribution in [0.2, 0.25) is 0 Å². The van der Waals surface area contributed by atoms with E-state index in [4.69, 9.17) is 0 Å². The standard InChI is InChI=1S/C18H22NO2S/c20-22(21)12-5-4-11-19(22)15-18-10-6-9-17(14-18)13-16-7-2-1-3-8-16/h1-3,7-10,14,20-21H,4-5,11-13,15H2. The fraction of sp³-hybridized carbons (Fsp3) is 0.333. The third-order valence-electron chi connectivity index (χ3n) is 4.01. The van der Waals surface area contributed by atoms with E-state index >= 15 is 0 Å². The van der Waals surface area contributed by atoms with Crippen LogP contribution in [0.5, 0.6) is 0 Å². The van der Waals surface area contributed by atoms with Gasteiger partial charge in [-0.05, 0) is 48.1 Å². The largest absolute Gasteiger partial charge is 0.285 e. The molecule has 0 spiro atoms. The van der Waals surface area contributed by atoms with Crippen LogP contribution in [0.4, 0.5) is 0 Å². The van der Waals surface area contributed by atoms with Crippen molar-refractivity contribution in [2.24, 2.45) is 0 Å². The normalized spacial score (nSPS) is 19.7. The minimum Gasteiger partial charge on any atom is -0.285 e. The minimum absolute atomic E-state index is 0.500. The second kappa shape index (κ2) is 6.84. The van der Waals surface area contributed by atoms with Crippen LogP contribution in [0.25, 0.3) is 0 Å². The highest BCUT2D eigenvalue weighted by molar-refractivity contribution is 8.22. The van der Waals surface area contributed by atoms with Gasteiger partial charge < -0.3 is 0 Å². The Labute approximate surface area is 134 Å². The van der Waals surface area contributed by atoms with Gasteiger partial charge in [0.15, 0.2) is 0 Å². The van der Waals surface area contributed by atoms with Crippen LogP contribution in [0, 0.1) is 6.07 Å². The second-order valence-electron chi connectivity index (χ2n) is 5.82. The molecule has 3 nitrogen and oxygen atoms in total. The highest BCUT2D eigenvalue weighted by atomic mass is 32.3. The molecule has 2 aromatic carbocycles. The molecule has 1 heterocycles. The zero-order valence-electron chi connectivity index (χ0n) is 12.6. The smallest absolute Gasteiger partial charge is 0.0531 e. The Bertz CT molecular complexity index is 615. The van der Waals surface area contributed by atoms with Crippen LogP contribution in [0.15, 0.2) is 48.5 Å². The monoisotopic (exact) mass is 316 g/mol. The summed E-state index contributed by atoms with van der Waals surface area (Å²) in [6.07, 6.45) is 2.81. The van der Waals surface area contributed by atoms with Gasteiger partial charge in [-0.1, -0.05) is 42.5 Å². The molecule has 3 rings (SSSR count). The fourth-order valence-electron chi connectivity index (χ4n) is 2.85. The van der Waals surface area contributed by atoms with Crippen LogP contribution in [-0.4, -0.2) is 25.7 Å². The third-order valence-corrected chi connectivity index (χ3v) is 5.98. The molecule has 0 aliphatic carbocycles. The van der Waals surface area contributed by atoms with Crippen molar-refractivity contribution >= 4 is 10.8 Å². The molecular weight excluding hydrogens is 294 g/mol. The fourth-order valence-corrected chi connectivity index (χ4v) is 4.47. The zero-order valence-corrected chi connectivity index (χ0v) is 13.4. The van der Waals surface area contributed by atoms with Crippen LogP contribution in [0.1, 0.15) is 29.5 Å². The molecule has 1 fully saturated rings. The molecule has 22 heavy (non-hydrogen) atoms. The summed E-state index contributed by atoms with van der Waals surface area (Å²) in [6.45, 7) is 1.34. The molecular formula is C18H22NO2S. The highest BCUT2D eigenvalue weighted by Gasteiger charge is 2.26. The molecule has 4 heteroatoms. The number of hydrogen-bond acceptors (Lipinski definition) is 3. The minimum atomic E-state index is -2.57. The topological polar surface area (TPSA) is 43.7 Å². The molecule has 0 unspecified atom stereocenters. The van der Waals surface area contributed by atoms with Crippen molar-refractivity contribution < 1.29 is 9.11 Å².